The number of hydrogen-bond donors (Lipinski definition) is 2. The molecule has 1 heterocycles. The minimum atomic E-state index is -0.236. The molecule has 1 fully saturated rings. The van der Waals surface area contributed by atoms with Crippen LogP contribution in [-0.2, 0) is 9.59 Å². The van der Waals surface area contributed by atoms with Crippen molar-refractivity contribution in [3.63, 3.8) is 0 Å². The first-order valence-corrected chi connectivity index (χ1v) is 10.2. The highest BCUT2D eigenvalue weighted by Gasteiger charge is 2.24. The summed E-state index contributed by atoms with van der Waals surface area (Å²) >= 11 is 0. The molecular formula is C23H30N4O2. The Kier molecular flexibility index (Phi) is 6.88. The summed E-state index contributed by atoms with van der Waals surface area (Å²) in [5, 5.41) is 2.97. The molecule has 6 nitrogen and oxygen atoms in total. The molecular weight excluding hydrogens is 364 g/mol. The number of para-hydroxylation sites is 1. The van der Waals surface area contributed by atoms with E-state index in [2.05, 4.69) is 41.1 Å². The van der Waals surface area contributed by atoms with E-state index in [1.165, 1.54) is 0 Å². The summed E-state index contributed by atoms with van der Waals surface area (Å²) in [5.74, 6) is -0.338. The lowest BCUT2D eigenvalue weighted by atomic mass is 9.96. The SMILES string of the molecule is CC(C)N(c1ccccc1)c1ccc(NC(=O)CN2CCC(C(N)=O)CC2)cc1. The number of nitrogens with one attached hydrogen (secondary N) is 1. The fraction of sp³-hybridized carbons (Fsp3) is 0.391. The van der Waals surface area contributed by atoms with Crippen LogP contribution in [0.5, 0.6) is 0 Å². The van der Waals surface area contributed by atoms with Gasteiger partial charge in [-0.15, -0.1) is 0 Å². The van der Waals surface area contributed by atoms with E-state index in [-0.39, 0.29) is 17.7 Å². The first kappa shape index (κ1) is 20.9. The van der Waals surface area contributed by atoms with Gasteiger partial charge in [0.15, 0.2) is 0 Å². The summed E-state index contributed by atoms with van der Waals surface area (Å²) in [6.45, 7) is 6.09. The zero-order valence-corrected chi connectivity index (χ0v) is 17.2. The Morgan fingerprint density at radius 3 is 2.17 bits per heavy atom. The summed E-state index contributed by atoms with van der Waals surface area (Å²) in [4.78, 5) is 28.0. The third-order valence-electron chi connectivity index (χ3n) is 5.34. The maximum atomic E-state index is 12.4. The van der Waals surface area contributed by atoms with E-state index in [1.54, 1.807) is 0 Å². The van der Waals surface area contributed by atoms with Crippen LogP contribution in [0.3, 0.4) is 0 Å². The van der Waals surface area contributed by atoms with Crippen LogP contribution >= 0.6 is 0 Å². The lowest BCUT2D eigenvalue weighted by molar-refractivity contribution is -0.123. The zero-order chi connectivity index (χ0) is 20.8. The lowest BCUT2D eigenvalue weighted by Gasteiger charge is -2.30. The molecule has 0 bridgehead atoms. The Morgan fingerprint density at radius 2 is 1.62 bits per heavy atom. The quantitative estimate of drug-likeness (QED) is 0.755. The minimum Gasteiger partial charge on any atom is -0.369 e. The number of anilines is 3. The van der Waals surface area contributed by atoms with Crippen molar-refractivity contribution in [1.29, 1.82) is 0 Å². The number of benzene rings is 2. The first-order chi connectivity index (χ1) is 13.9. The number of hydrogen-bond acceptors (Lipinski definition) is 4. The van der Waals surface area contributed by atoms with Gasteiger partial charge in [-0.3, -0.25) is 14.5 Å². The number of carbonyl (C=O) groups excluding carboxylic acids is 2. The average molecular weight is 395 g/mol. The molecule has 2 aromatic carbocycles. The van der Waals surface area contributed by atoms with E-state index >= 15 is 0 Å². The highest BCUT2D eigenvalue weighted by atomic mass is 16.2. The molecule has 3 rings (SSSR count). The summed E-state index contributed by atoms with van der Waals surface area (Å²) in [7, 11) is 0. The Hall–Kier alpha value is -2.86. The Balaban J connectivity index is 1.57. The van der Waals surface area contributed by atoms with Gasteiger partial charge in [-0.2, -0.15) is 0 Å². The molecule has 6 heteroatoms. The number of piperidine rings is 1. The molecule has 0 unspecified atom stereocenters. The largest absolute Gasteiger partial charge is 0.369 e. The molecule has 2 aromatic rings. The van der Waals surface area contributed by atoms with Gasteiger partial charge >= 0.3 is 0 Å². The van der Waals surface area contributed by atoms with Crippen LogP contribution in [0.4, 0.5) is 17.1 Å². The third-order valence-corrected chi connectivity index (χ3v) is 5.34. The Morgan fingerprint density at radius 1 is 1.03 bits per heavy atom. The van der Waals surface area contributed by atoms with Crippen molar-refractivity contribution in [1.82, 2.24) is 4.90 Å². The topological polar surface area (TPSA) is 78.7 Å². The van der Waals surface area contributed by atoms with Crippen LogP contribution in [0.25, 0.3) is 0 Å². The fourth-order valence-electron chi connectivity index (χ4n) is 3.82. The number of nitrogens with zero attached hydrogens (tertiary/aromatic N) is 2. The summed E-state index contributed by atoms with van der Waals surface area (Å²) < 4.78 is 0. The molecule has 1 aliphatic heterocycles. The van der Waals surface area contributed by atoms with Crippen molar-refractivity contribution < 1.29 is 9.59 Å². The van der Waals surface area contributed by atoms with Gasteiger partial charge < -0.3 is 16.0 Å². The van der Waals surface area contributed by atoms with Crippen molar-refractivity contribution in [2.75, 3.05) is 29.9 Å². The molecule has 0 aliphatic carbocycles. The third kappa shape index (κ3) is 5.57. The highest BCUT2D eigenvalue weighted by molar-refractivity contribution is 5.92. The molecule has 0 saturated carbocycles. The second kappa shape index (κ2) is 9.56. The van der Waals surface area contributed by atoms with Crippen molar-refractivity contribution in [3.8, 4) is 0 Å². The van der Waals surface area contributed by atoms with E-state index in [1.807, 2.05) is 42.5 Å². The highest BCUT2D eigenvalue weighted by Crippen LogP contribution is 2.28. The summed E-state index contributed by atoms with van der Waals surface area (Å²) in [6, 6.07) is 18.5. The molecule has 0 radical (unpaired) electrons. The van der Waals surface area contributed by atoms with Crippen LogP contribution in [0, 0.1) is 5.92 Å². The van der Waals surface area contributed by atoms with Gasteiger partial charge in [0.05, 0.1) is 6.54 Å². The van der Waals surface area contributed by atoms with Crippen molar-refractivity contribution in [3.05, 3.63) is 54.6 Å². The summed E-state index contributed by atoms with van der Waals surface area (Å²) in [5.41, 5.74) is 8.36. The smallest absolute Gasteiger partial charge is 0.238 e. The number of carbonyl (C=O) groups is 2. The van der Waals surface area contributed by atoms with Crippen molar-refractivity contribution in [2.45, 2.75) is 32.7 Å². The van der Waals surface area contributed by atoms with E-state index in [4.69, 9.17) is 5.73 Å². The molecule has 0 spiro atoms. The van der Waals surface area contributed by atoms with Gasteiger partial charge in [-0.1, -0.05) is 18.2 Å². The van der Waals surface area contributed by atoms with Crippen LogP contribution in [-0.4, -0.2) is 42.4 Å². The van der Waals surface area contributed by atoms with Gasteiger partial charge in [-0.05, 0) is 76.2 Å². The molecule has 3 N–H and O–H groups in total. The molecule has 1 saturated heterocycles. The fourth-order valence-corrected chi connectivity index (χ4v) is 3.82. The maximum absolute atomic E-state index is 12.4. The zero-order valence-electron chi connectivity index (χ0n) is 17.2. The molecule has 1 aliphatic rings. The predicted molar refractivity (Wildman–Crippen MR) is 117 cm³/mol. The van der Waals surface area contributed by atoms with E-state index in [0.717, 1.165) is 43.0 Å². The first-order valence-electron chi connectivity index (χ1n) is 10.2. The monoisotopic (exact) mass is 394 g/mol. The van der Waals surface area contributed by atoms with E-state index in [9.17, 15) is 9.59 Å². The molecule has 0 atom stereocenters. The number of primary amides is 1. The number of nitrogens with two attached hydrogens (primary N) is 1. The van der Waals surface area contributed by atoms with Gasteiger partial charge in [-0.25, -0.2) is 0 Å². The van der Waals surface area contributed by atoms with Crippen molar-refractivity contribution >= 4 is 28.9 Å². The normalized spacial score (nSPS) is 15.3. The van der Waals surface area contributed by atoms with Gasteiger partial charge in [0.2, 0.25) is 11.8 Å². The van der Waals surface area contributed by atoms with E-state index in [0.29, 0.717) is 12.6 Å². The molecule has 29 heavy (non-hydrogen) atoms. The molecule has 0 aromatic heterocycles. The van der Waals surface area contributed by atoms with Gasteiger partial charge in [0.25, 0.3) is 0 Å². The lowest BCUT2D eigenvalue weighted by Crippen LogP contribution is -2.42. The minimum absolute atomic E-state index is 0.0425. The summed E-state index contributed by atoms with van der Waals surface area (Å²) in [6.07, 6.45) is 1.45. The van der Waals surface area contributed by atoms with Gasteiger partial charge in [0.1, 0.15) is 0 Å². The van der Waals surface area contributed by atoms with E-state index < -0.39 is 0 Å². The number of amides is 2. The van der Waals surface area contributed by atoms with Crippen LogP contribution < -0.4 is 16.0 Å². The number of rotatable bonds is 7. The average Bonchev–Trinajstić information content (AvgIpc) is 2.70. The Labute approximate surface area is 172 Å². The van der Waals surface area contributed by atoms with Crippen LogP contribution in [0.1, 0.15) is 26.7 Å². The predicted octanol–water partition coefficient (Wildman–Crippen LogP) is 3.37. The standard InChI is InChI=1S/C23H30N4O2/c1-17(2)27(20-6-4-3-5-7-20)21-10-8-19(9-11-21)25-22(28)16-26-14-12-18(13-15-26)23(24)29/h3-11,17-18H,12-16H2,1-2H3,(H2,24,29)(H,25,28). The Bertz CT molecular complexity index is 813. The maximum Gasteiger partial charge on any atom is 0.238 e. The van der Waals surface area contributed by atoms with Crippen LogP contribution in [0.15, 0.2) is 54.6 Å². The molecule has 154 valence electrons. The van der Waals surface area contributed by atoms with Gasteiger partial charge in [0, 0.05) is 29.0 Å². The van der Waals surface area contributed by atoms with Crippen LogP contribution in [0.2, 0.25) is 0 Å². The van der Waals surface area contributed by atoms with Crippen molar-refractivity contribution in [2.24, 2.45) is 11.7 Å². The second-order valence-corrected chi connectivity index (χ2v) is 7.85. The number of likely N-dealkylation sites (tertiary alicyclic amines) is 1. The second-order valence-electron chi connectivity index (χ2n) is 7.85. The molecule has 2 amide bonds.